The van der Waals surface area contributed by atoms with E-state index in [1.807, 2.05) is 25.9 Å². The molecule has 4 rings (SSSR count). The van der Waals surface area contributed by atoms with Crippen molar-refractivity contribution in [3.05, 3.63) is 38.7 Å². The van der Waals surface area contributed by atoms with Gasteiger partial charge in [0.1, 0.15) is 11.6 Å². The molecule has 7 nitrogen and oxygen atoms in total. The van der Waals surface area contributed by atoms with E-state index in [1.54, 1.807) is 11.6 Å². The van der Waals surface area contributed by atoms with Crippen molar-refractivity contribution in [2.45, 2.75) is 45.7 Å². The van der Waals surface area contributed by atoms with E-state index < -0.39 is 0 Å². The molecule has 0 atom stereocenters. The second-order valence-corrected chi connectivity index (χ2v) is 7.18. The zero-order valence-corrected chi connectivity index (χ0v) is 15.3. The van der Waals surface area contributed by atoms with Gasteiger partial charge in [0, 0.05) is 26.7 Å². The molecule has 2 aromatic rings. The van der Waals surface area contributed by atoms with Gasteiger partial charge in [-0.3, -0.25) is 9.36 Å². The molecule has 0 amide bonds. The molecular formula is C18H24N6O. The van der Waals surface area contributed by atoms with Gasteiger partial charge < -0.3 is 9.80 Å². The number of anilines is 2. The summed E-state index contributed by atoms with van der Waals surface area (Å²) < 4.78 is 1.63. The molecule has 0 fully saturated rings. The van der Waals surface area contributed by atoms with Crippen LogP contribution in [0.2, 0.25) is 0 Å². The lowest BCUT2D eigenvalue weighted by atomic mass is 9.96. The highest BCUT2D eigenvalue weighted by Gasteiger charge is 2.29. The fraction of sp³-hybridized carbons (Fsp3) is 0.556. The quantitative estimate of drug-likeness (QED) is 0.822. The average molecular weight is 340 g/mol. The summed E-state index contributed by atoms with van der Waals surface area (Å²) in [5.41, 5.74) is 4.14. The topological polar surface area (TPSA) is 67.2 Å². The third kappa shape index (κ3) is 2.58. The van der Waals surface area contributed by atoms with Gasteiger partial charge in [-0.2, -0.15) is 4.98 Å². The van der Waals surface area contributed by atoms with Crippen LogP contribution in [-0.4, -0.2) is 33.6 Å². The molecule has 0 unspecified atom stereocenters. The van der Waals surface area contributed by atoms with Gasteiger partial charge >= 0.3 is 0 Å². The summed E-state index contributed by atoms with van der Waals surface area (Å²) in [6, 6.07) is 0. The number of fused-ring (bicyclic) bond motifs is 2. The first-order valence-corrected chi connectivity index (χ1v) is 8.83. The molecule has 0 aromatic carbocycles. The number of hydrogen-bond acceptors (Lipinski definition) is 6. The van der Waals surface area contributed by atoms with Crippen LogP contribution in [0, 0.1) is 6.92 Å². The third-order valence-electron chi connectivity index (χ3n) is 5.23. The molecule has 0 radical (unpaired) electrons. The van der Waals surface area contributed by atoms with Crippen LogP contribution in [0.3, 0.4) is 0 Å². The third-order valence-corrected chi connectivity index (χ3v) is 5.23. The van der Waals surface area contributed by atoms with E-state index in [1.165, 1.54) is 18.4 Å². The second kappa shape index (κ2) is 5.82. The Morgan fingerprint density at radius 3 is 2.48 bits per heavy atom. The van der Waals surface area contributed by atoms with Crippen LogP contribution < -0.4 is 15.4 Å². The zero-order chi connectivity index (χ0) is 17.7. The molecule has 0 saturated heterocycles. The van der Waals surface area contributed by atoms with Crippen LogP contribution in [0.1, 0.15) is 41.2 Å². The lowest BCUT2D eigenvalue weighted by molar-refractivity contribution is 0.654. The van der Waals surface area contributed by atoms with E-state index in [2.05, 4.69) is 9.88 Å². The number of aryl methyl sites for hydroxylation is 2. The standard InChI is InChI=1S/C18H24N6O/c1-11-19-15-10-24(9-13(15)17(25)23(11)4)16-12-7-5-6-8-14(12)20-18(21-16)22(2)3/h5-10H2,1-4H3. The summed E-state index contributed by atoms with van der Waals surface area (Å²) in [5.74, 6) is 2.47. The first-order chi connectivity index (χ1) is 12.0. The lowest BCUT2D eigenvalue weighted by Gasteiger charge is -2.26. The normalized spacial score (nSPS) is 15.9. The van der Waals surface area contributed by atoms with Gasteiger partial charge in [0.2, 0.25) is 5.95 Å². The highest BCUT2D eigenvalue weighted by atomic mass is 16.1. The number of hydrogen-bond donors (Lipinski definition) is 0. The van der Waals surface area contributed by atoms with E-state index >= 15 is 0 Å². The Kier molecular flexibility index (Phi) is 3.74. The van der Waals surface area contributed by atoms with Gasteiger partial charge in [0.25, 0.3) is 5.56 Å². The maximum Gasteiger partial charge on any atom is 0.258 e. The molecule has 0 saturated carbocycles. The molecule has 2 aliphatic rings. The van der Waals surface area contributed by atoms with Crippen molar-refractivity contribution >= 4 is 11.8 Å². The SMILES string of the molecule is Cc1nc2c(c(=O)n1C)CN(c1nc(N(C)C)nc3c1CCCC3)C2. The fourth-order valence-corrected chi connectivity index (χ4v) is 3.70. The van der Waals surface area contributed by atoms with Crippen molar-refractivity contribution in [1.82, 2.24) is 19.5 Å². The van der Waals surface area contributed by atoms with Gasteiger partial charge in [-0.15, -0.1) is 0 Å². The summed E-state index contributed by atoms with van der Waals surface area (Å²) in [6.45, 7) is 3.09. The van der Waals surface area contributed by atoms with E-state index in [4.69, 9.17) is 9.97 Å². The summed E-state index contributed by atoms with van der Waals surface area (Å²) in [4.78, 5) is 30.9. The molecule has 1 aliphatic heterocycles. The van der Waals surface area contributed by atoms with Gasteiger partial charge in [0.15, 0.2) is 0 Å². The Balaban J connectivity index is 1.79. The Morgan fingerprint density at radius 2 is 1.72 bits per heavy atom. The molecule has 132 valence electrons. The van der Waals surface area contributed by atoms with Gasteiger partial charge in [0.05, 0.1) is 30.0 Å². The average Bonchev–Trinajstić information content (AvgIpc) is 3.02. The highest BCUT2D eigenvalue weighted by molar-refractivity contribution is 5.56. The lowest BCUT2D eigenvalue weighted by Crippen LogP contribution is -2.26. The molecule has 1 aliphatic carbocycles. The van der Waals surface area contributed by atoms with Gasteiger partial charge in [-0.05, 0) is 32.6 Å². The number of aromatic nitrogens is 4. The molecule has 7 heteroatoms. The van der Waals surface area contributed by atoms with Crippen molar-refractivity contribution in [2.24, 2.45) is 7.05 Å². The maximum atomic E-state index is 12.6. The van der Waals surface area contributed by atoms with E-state index in [-0.39, 0.29) is 5.56 Å². The largest absolute Gasteiger partial charge is 0.347 e. The van der Waals surface area contributed by atoms with Gasteiger partial charge in [-0.1, -0.05) is 0 Å². The predicted molar refractivity (Wildman–Crippen MR) is 97.1 cm³/mol. The van der Waals surface area contributed by atoms with Crippen LogP contribution >= 0.6 is 0 Å². The van der Waals surface area contributed by atoms with Crippen LogP contribution in [0.25, 0.3) is 0 Å². The maximum absolute atomic E-state index is 12.6. The Hall–Kier alpha value is -2.44. The zero-order valence-electron chi connectivity index (χ0n) is 15.3. The monoisotopic (exact) mass is 340 g/mol. The molecular weight excluding hydrogens is 316 g/mol. The first-order valence-electron chi connectivity index (χ1n) is 8.83. The van der Waals surface area contributed by atoms with Crippen molar-refractivity contribution in [2.75, 3.05) is 23.9 Å². The van der Waals surface area contributed by atoms with Gasteiger partial charge in [-0.25, -0.2) is 9.97 Å². The summed E-state index contributed by atoms with van der Waals surface area (Å²) >= 11 is 0. The second-order valence-electron chi connectivity index (χ2n) is 7.18. The van der Waals surface area contributed by atoms with Crippen molar-refractivity contribution in [3.63, 3.8) is 0 Å². The highest BCUT2D eigenvalue weighted by Crippen LogP contribution is 2.33. The van der Waals surface area contributed by atoms with Crippen molar-refractivity contribution in [1.29, 1.82) is 0 Å². The number of nitrogens with zero attached hydrogens (tertiary/aromatic N) is 6. The molecule has 0 spiro atoms. The Morgan fingerprint density at radius 1 is 0.960 bits per heavy atom. The van der Waals surface area contributed by atoms with E-state index in [0.29, 0.717) is 13.1 Å². The number of rotatable bonds is 2. The van der Waals surface area contributed by atoms with Crippen molar-refractivity contribution < 1.29 is 0 Å². The molecule has 0 N–H and O–H groups in total. The molecule has 0 bridgehead atoms. The summed E-state index contributed by atoms with van der Waals surface area (Å²) in [6.07, 6.45) is 4.36. The van der Waals surface area contributed by atoms with Crippen LogP contribution in [0.15, 0.2) is 4.79 Å². The summed E-state index contributed by atoms with van der Waals surface area (Å²) in [5, 5.41) is 0. The summed E-state index contributed by atoms with van der Waals surface area (Å²) in [7, 11) is 5.71. The Bertz CT molecular complexity index is 901. The minimum atomic E-state index is 0.0563. The van der Waals surface area contributed by atoms with E-state index in [0.717, 1.165) is 47.4 Å². The predicted octanol–water partition coefficient (Wildman–Crippen LogP) is 1.34. The first kappa shape index (κ1) is 16.1. The smallest absolute Gasteiger partial charge is 0.258 e. The van der Waals surface area contributed by atoms with Crippen LogP contribution in [0.4, 0.5) is 11.8 Å². The minimum Gasteiger partial charge on any atom is -0.347 e. The fourth-order valence-electron chi connectivity index (χ4n) is 3.70. The molecule has 3 heterocycles. The Labute approximate surface area is 147 Å². The van der Waals surface area contributed by atoms with Crippen LogP contribution in [-0.2, 0) is 33.0 Å². The van der Waals surface area contributed by atoms with Crippen molar-refractivity contribution in [3.8, 4) is 0 Å². The molecule has 25 heavy (non-hydrogen) atoms. The molecule has 2 aromatic heterocycles. The minimum absolute atomic E-state index is 0.0563. The van der Waals surface area contributed by atoms with E-state index in [9.17, 15) is 4.79 Å². The van der Waals surface area contributed by atoms with Crippen LogP contribution in [0.5, 0.6) is 0 Å².